The molecule has 8 nitrogen and oxygen atoms in total. The van der Waals surface area contributed by atoms with Crippen molar-refractivity contribution in [3.05, 3.63) is 12.2 Å². The van der Waals surface area contributed by atoms with Gasteiger partial charge < -0.3 is 24.7 Å². The van der Waals surface area contributed by atoms with Crippen molar-refractivity contribution in [3.8, 4) is 0 Å². The van der Waals surface area contributed by atoms with E-state index in [9.17, 15) is 0 Å². The molecule has 0 unspecified atom stereocenters. The summed E-state index contributed by atoms with van der Waals surface area (Å²) in [5.41, 5.74) is 0. The van der Waals surface area contributed by atoms with E-state index in [0.29, 0.717) is 26.4 Å². The van der Waals surface area contributed by atoms with Crippen molar-refractivity contribution in [1.82, 2.24) is 25.4 Å². The number of guanidine groups is 1. The van der Waals surface area contributed by atoms with Crippen LogP contribution in [-0.2, 0) is 22.4 Å². The molecule has 0 aliphatic rings. The molecule has 0 aromatic carbocycles. The van der Waals surface area contributed by atoms with Gasteiger partial charge in [0, 0.05) is 33.2 Å². The van der Waals surface area contributed by atoms with E-state index >= 15 is 0 Å². The van der Waals surface area contributed by atoms with Crippen LogP contribution in [0.2, 0.25) is 0 Å². The van der Waals surface area contributed by atoms with Crippen LogP contribution in [0.4, 0.5) is 0 Å². The molecule has 1 aromatic heterocycles. The number of hydrogen-bond acceptors (Lipinski definition) is 5. The normalized spacial score (nSPS) is 11.2. The number of methoxy groups -OCH3 is 1. The molecule has 23 heavy (non-hydrogen) atoms. The molecule has 0 bridgehead atoms. The zero-order chi connectivity index (χ0) is 16.0. The van der Waals surface area contributed by atoms with Gasteiger partial charge in [-0.3, -0.25) is 4.99 Å². The van der Waals surface area contributed by atoms with Crippen molar-refractivity contribution < 1.29 is 9.47 Å². The minimum Gasteiger partial charge on any atom is -0.382 e. The molecule has 1 heterocycles. The molecular formula is C14H29IN6O2. The van der Waals surface area contributed by atoms with E-state index in [1.165, 1.54) is 0 Å². The number of hydrogen-bond donors (Lipinski definition) is 2. The van der Waals surface area contributed by atoms with Crippen molar-refractivity contribution in [2.75, 3.05) is 46.6 Å². The predicted molar refractivity (Wildman–Crippen MR) is 101 cm³/mol. The average Bonchev–Trinajstić information content (AvgIpc) is 2.98. The van der Waals surface area contributed by atoms with Crippen molar-refractivity contribution in [3.63, 3.8) is 0 Å². The average molecular weight is 440 g/mol. The predicted octanol–water partition coefficient (Wildman–Crippen LogP) is 0.677. The summed E-state index contributed by atoms with van der Waals surface area (Å²) >= 11 is 0. The van der Waals surface area contributed by atoms with E-state index in [-0.39, 0.29) is 24.0 Å². The van der Waals surface area contributed by atoms with Gasteiger partial charge in [-0.25, -0.2) is 0 Å². The second-order valence-corrected chi connectivity index (χ2v) is 4.59. The molecule has 0 atom stereocenters. The number of rotatable bonds is 11. The summed E-state index contributed by atoms with van der Waals surface area (Å²) in [4.78, 5) is 4.46. The van der Waals surface area contributed by atoms with Gasteiger partial charge in [0.15, 0.2) is 5.96 Å². The summed E-state index contributed by atoms with van der Waals surface area (Å²) < 4.78 is 12.4. The lowest BCUT2D eigenvalue weighted by Gasteiger charge is -2.12. The van der Waals surface area contributed by atoms with Crippen LogP contribution in [0, 0.1) is 0 Å². The molecule has 9 heteroatoms. The molecule has 0 aliphatic heterocycles. The maximum Gasteiger partial charge on any atom is 0.191 e. The Labute approximate surface area is 155 Å². The Kier molecular flexibility index (Phi) is 14.0. The van der Waals surface area contributed by atoms with Crippen molar-refractivity contribution in [1.29, 1.82) is 0 Å². The van der Waals surface area contributed by atoms with E-state index in [1.54, 1.807) is 13.4 Å². The summed E-state index contributed by atoms with van der Waals surface area (Å²) in [6.45, 7) is 8.93. The summed E-state index contributed by atoms with van der Waals surface area (Å²) in [6, 6.07) is 0. The quantitative estimate of drug-likeness (QED) is 0.228. The Morgan fingerprint density at radius 1 is 1.26 bits per heavy atom. The van der Waals surface area contributed by atoms with E-state index in [1.807, 2.05) is 11.5 Å². The highest BCUT2D eigenvalue weighted by Crippen LogP contribution is 1.94. The third-order valence-electron chi connectivity index (χ3n) is 2.94. The van der Waals surface area contributed by atoms with Gasteiger partial charge in [0.25, 0.3) is 0 Å². The summed E-state index contributed by atoms with van der Waals surface area (Å²) in [5, 5.41) is 14.5. The molecule has 1 aromatic rings. The summed E-state index contributed by atoms with van der Waals surface area (Å²) in [6.07, 6.45) is 2.64. The van der Waals surface area contributed by atoms with Crippen molar-refractivity contribution in [2.45, 2.75) is 26.8 Å². The monoisotopic (exact) mass is 440 g/mol. The highest BCUT2D eigenvalue weighted by atomic mass is 127. The van der Waals surface area contributed by atoms with E-state index in [4.69, 9.17) is 9.47 Å². The number of nitrogens with one attached hydrogen (secondary N) is 2. The van der Waals surface area contributed by atoms with Gasteiger partial charge in [0.1, 0.15) is 12.2 Å². The zero-order valence-electron chi connectivity index (χ0n) is 14.2. The Morgan fingerprint density at radius 3 is 2.78 bits per heavy atom. The van der Waals surface area contributed by atoms with Crippen molar-refractivity contribution >= 4 is 29.9 Å². The van der Waals surface area contributed by atoms with Gasteiger partial charge in [-0.15, -0.1) is 34.2 Å². The Balaban J connectivity index is 0.00000484. The Morgan fingerprint density at radius 2 is 2.09 bits per heavy atom. The first-order valence-electron chi connectivity index (χ1n) is 7.77. The van der Waals surface area contributed by atoms with E-state index < -0.39 is 0 Å². The molecule has 0 fully saturated rings. The van der Waals surface area contributed by atoms with Gasteiger partial charge in [0.2, 0.25) is 0 Å². The lowest BCUT2D eigenvalue weighted by Crippen LogP contribution is -2.39. The summed E-state index contributed by atoms with van der Waals surface area (Å²) in [7, 11) is 1.66. The lowest BCUT2D eigenvalue weighted by molar-refractivity contribution is 0.0748. The van der Waals surface area contributed by atoms with Crippen LogP contribution in [0.5, 0.6) is 0 Å². The number of aryl methyl sites for hydroxylation is 1. The maximum atomic E-state index is 5.39. The van der Waals surface area contributed by atoms with Crippen LogP contribution in [0.25, 0.3) is 0 Å². The fourth-order valence-electron chi connectivity index (χ4n) is 1.84. The molecule has 0 spiro atoms. The highest BCUT2D eigenvalue weighted by Gasteiger charge is 2.02. The van der Waals surface area contributed by atoms with Gasteiger partial charge in [-0.05, 0) is 6.92 Å². The molecule has 0 saturated heterocycles. The molecule has 0 radical (unpaired) electrons. The minimum absolute atomic E-state index is 0. The molecule has 2 N–H and O–H groups in total. The fourth-order valence-corrected chi connectivity index (χ4v) is 1.84. The number of nitrogens with zero attached hydrogens (tertiary/aromatic N) is 4. The zero-order valence-corrected chi connectivity index (χ0v) is 16.6. The highest BCUT2D eigenvalue weighted by molar-refractivity contribution is 14.0. The van der Waals surface area contributed by atoms with Gasteiger partial charge >= 0.3 is 0 Å². The largest absolute Gasteiger partial charge is 0.382 e. The smallest absolute Gasteiger partial charge is 0.191 e. The lowest BCUT2D eigenvalue weighted by atomic mass is 10.4. The second-order valence-electron chi connectivity index (χ2n) is 4.59. The molecular weight excluding hydrogens is 411 g/mol. The minimum atomic E-state index is 0. The third-order valence-corrected chi connectivity index (χ3v) is 2.94. The van der Waals surface area contributed by atoms with Crippen LogP contribution in [-0.4, -0.2) is 67.3 Å². The third kappa shape index (κ3) is 9.72. The van der Waals surface area contributed by atoms with Gasteiger partial charge in [-0.2, -0.15) is 0 Å². The molecule has 134 valence electrons. The molecule has 0 amide bonds. The fraction of sp³-hybridized carbons (Fsp3) is 0.786. The number of ether oxygens (including phenoxy) is 2. The number of aliphatic imine (C=N–C) groups is 1. The first-order chi connectivity index (χ1) is 10.8. The van der Waals surface area contributed by atoms with Crippen LogP contribution in [0.15, 0.2) is 11.3 Å². The van der Waals surface area contributed by atoms with E-state index in [2.05, 4.69) is 32.7 Å². The van der Waals surface area contributed by atoms with Crippen LogP contribution >= 0.6 is 24.0 Å². The number of aromatic nitrogens is 3. The first kappa shape index (κ1) is 22.1. The SMILES string of the molecule is CCNC(=NCCOCCOC)NCCn1cnnc1CC.I. The van der Waals surface area contributed by atoms with E-state index in [0.717, 1.165) is 37.8 Å². The standard InChI is InChI=1S/C14H28N6O2.HI/c1-4-13-19-18-12-20(13)8-6-16-14(15-5-2)17-7-9-22-11-10-21-3;/h12H,4-11H2,1-3H3,(H2,15,16,17);1H. The van der Waals surface area contributed by atoms with Crippen LogP contribution in [0.1, 0.15) is 19.7 Å². The number of halogens is 1. The second kappa shape index (κ2) is 14.6. The van der Waals surface area contributed by atoms with Gasteiger partial charge in [-0.1, -0.05) is 6.92 Å². The molecule has 0 aliphatic carbocycles. The van der Waals surface area contributed by atoms with Crippen molar-refractivity contribution in [2.24, 2.45) is 4.99 Å². The Hall–Kier alpha value is -0.940. The van der Waals surface area contributed by atoms with Gasteiger partial charge in [0.05, 0.1) is 26.4 Å². The summed E-state index contributed by atoms with van der Waals surface area (Å²) in [5.74, 6) is 1.79. The Bertz CT molecular complexity index is 427. The first-order valence-corrected chi connectivity index (χ1v) is 7.77. The topological polar surface area (TPSA) is 85.6 Å². The molecule has 0 saturated carbocycles. The molecule has 1 rings (SSSR count). The van der Waals surface area contributed by atoms with Crippen LogP contribution in [0.3, 0.4) is 0 Å². The maximum absolute atomic E-state index is 5.39. The van der Waals surface area contributed by atoms with Crippen LogP contribution < -0.4 is 10.6 Å².